The summed E-state index contributed by atoms with van der Waals surface area (Å²) in [6, 6.07) is 10.4. The fourth-order valence-electron chi connectivity index (χ4n) is 3.43. The van der Waals surface area contributed by atoms with Gasteiger partial charge in [0.15, 0.2) is 0 Å². The van der Waals surface area contributed by atoms with Gasteiger partial charge in [-0.15, -0.1) is 0 Å². The van der Waals surface area contributed by atoms with Crippen LogP contribution in [-0.4, -0.2) is 50.5 Å². The number of carbonyl (C=O) groups excluding carboxylic acids is 2. The first-order valence-electron chi connectivity index (χ1n) is 11.1. The standard InChI is InChI=1S/C24H30Cl3N3O4S/c1-5-22(24(32)28-13-16(2)3)29(14-17-6-8-18(25)9-7-17)23(31)15-30(35(4,33)34)21-11-19(26)10-20(27)12-21/h6-12,16,22H,5,13-15H2,1-4H3,(H,28,32)/t22-/m0/s1. The van der Waals surface area contributed by atoms with E-state index >= 15 is 0 Å². The maximum Gasteiger partial charge on any atom is 0.244 e. The van der Waals surface area contributed by atoms with E-state index in [1.54, 1.807) is 31.2 Å². The number of nitrogens with one attached hydrogen (secondary N) is 1. The van der Waals surface area contributed by atoms with Crippen molar-refractivity contribution in [2.24, 2.45) is 5.92 Å². The van der Waals surface area contributed by atoms with Gasteiger partial charge in [0.1, 0.15) is 12.6 Å². The van der Waals surface area contributed by atoms with Crippen LogP contribution in [0.1, 0.15) is 32.8 Å². The van der Waals surface area contributed by atoms with Gasteiger partial charge in [-0.1, -0.05) is 67.7 Å². The molecule has 1 N–H and O–H groups in total. The first-order valence-corrected chi connectivity index (χ1v) is 14.1. The van der Waals surface area contributed by atoms with Crippen LogP contribution in [-0.2, 0) is 26.2 Å². The van der Waals surface area contributed by atoms with Crippen molar-refractivity contribution in [1.82, 2.24) is 10.2 Å². The molecule has 192 valence electrons. The molecule has 1 atom stereocenters. The highest BCUT2D eigenvalue weighted by Gasteiger charge is 2.32. The Morgan fingerprint density at radius 1 is 0.971 bits per heavy atom. The molecule has 7 nitrogen and oxygen atoms in total. The molecule has 0 bridgehead atoms. The van der Waals surface area contributed by atoms with Gasteiger partial charge in [-0.3, -0.25) is 13.9 Å². The molecule has 0 saturated heterocycles. The van der Waals surface area contributed by atoms with E-state index in [0.717, 1.165) is 16.1 Å². The molecule has 11 heteroatoms. The van der Waals surface area contributed by atoms with E-state index in [2.05, 4.69) is 5.32 Å². The molecule has 2 aromatic carbocycles. The number of amides is 2. The first-order chi connectivity index (χ1) is 16.3. The van der Waals surface area contributed by atoms with Crippen molar-refractivity contribution in [2.45, 2.75) is 39.8 Å². The van der Waals surface area contributed by atoms with Crippen LogP contribution >= 0.6 is 34.8 Å². The Morgan fingerprint density at radius 2 is 1.54 bits per heavy atom. The summed E-state index contributed by atoms with van der Waals surface area (Å²) < 4.78 is 26.2. The minimum Gasteiger partial charge on any atom is -0.354 e. The van der Waals surface area contributed by atoms with E-state index in [4.69, 9.17) is 34.8 Å². The summed E-state index contributed by atoms with van der Waals surface area (Å²) in [6.45, 7) is 5.76. The number of nitrogens with zero attached hydrogens (tertiary/aromatic N) is 2. The molecule has 0 aliphatic rings. The van der Waals surface area contributed by atoms with Crippen molar-refractivity contribution in [2.75, 3.05) is 23.7 Å². The molecule has 0 aliphatic carbocycles. The second kappa shape index (κ2) is 12.8. The number of carbonyl (C=O) groups is 2. The molecule has 0 heterocycles. The number of benzene rings is 2. The van der Waals surface area contributed by atoms with Crippen molar-refractivity contribution < 1.29 is 18.0 Å². The number of anilines is 1. The topological polar surface area (TPSA) is 86.8 Å². The Labute approximate surface area is 222 Å². The molecular formula is C24H30Cl3N3O4S. The summed E-state index contributed by atoms with van der Waals surface area (Å²) in [5.74, 6) is -0.626. The molecule has 35 heavy (non-hydrogen) atoms. The van der Waals surface area contributed by atoms with Crippen LogP contribution in [0.4, 0.5) is 5.69 Å². The minimum atomic E-state index is -3.88. The Bertz CT molecular complexity index is 1120. The highest BCUT2D eigenvalue weighted by Crippen LogP contribution is 2.27. The maximum absolute atomic E-state index is 13.6. The summed E-state index contributed by atoms with van der Waals surface area (Å²) in [6.07, 6.45) is 1.33. The lowest BCUT2D eigenvalue weighted by atomic mass is 10.1. The predicted octanol–water partition coefficient (Wildman–Crippen LogP) is 4.99. The second-order valence-electron chi connectivity index (χ2n) is 8.61. The average molecular weight is 563 g/mol. The number of halogens is 3. The van der Waals surface area contributed by atoms with E-state index < -0.39 is 28.5 Å². The normalized spacial score (nSPS) is 12.3. The second-order valence-corrected chi connectivity index (χ2v) is 11.8. The number of hydrogen-bond donors (Lipinski definition) is 1. The number of rotatable bonds is 11. The largest absolute Gasteiger partial charge is 0.354 e. The zero-order valence-corrected chi connectivity index (χ0v) is 23.2. The molecule has 2 rings (SSSR count). The van der Waals surface area contributed by atoms with Crippen LogP contribution in [0, 0.1) is 5.92 Å². The molecule has 0 aromatic heterocycles. The van der Waals surface area contributed by atoms with Gasteiger partial charge in [0.05, 0.1) is 11.9 Å². The molecule has 0 spiro atoms. The highest BCUT2D eigenvalue weighted by atomic mass is 35.5. The lowest BCUT2D eigenvalue weighted by Gasteiger charge is -2.33. The summed E-state index contributed by atoms with van der Waals surface area (Å²) in [5.41, 5.74) is 0.900. The van der Waals surface area contributed by atoms with Gasteiger partial charge in [-0.05, 0) is 48.2 Å². The van der Waals surface area contributed by atoms with Gasteiger partial charge in [-0.2, -0.15) is 0 Å². The van der Waals surface area contributed by atoms with E-state index in [0.29, 0.717) is 18.0 Å². The predicted molar refractivity (Wildman–Crippen MR) is 143 cm³/mol. The molecular weight excluding hydrogens is 533 g/mol. The van der Waals surface area contributed by atoms with Gasteiger partial charge in [0.25, 0.3) is 0 Å². The quantitative estimate of drug-likeness (QED) is 0.418. The molecule has 0 aliphatic heterocycles. The van der Waals surface area contributed by atoms with Crippen molar-refractivity contribution in [3.63, 3.8) is 0 Å². The van der Waals surface area contributed by atoms with E-state index in [-0.39, 0.29) is 34.1 Å². The third-order valence-corrected chi connectivity index (χ3v) is 6.98. The smallest absolute Gasteiger partial charge is 0.244 e. The fourth-order valence-corrected chi connectivity index (χ4v) is 4.90. The van der Waals surface area contributed by atoms with Crippen LogP contribution in [0.3, 0.4) is 0 Å². The van der Waals surface area contributed by atoms with E-state index in [9.17, 15) is 18.0 Å². The monoisotopic (exact) mass is 561 g/mol. The van der Waals surface area contributed by atoms with Crippen molar-refractivity contribution in [3.8, 4) is 0 Å². The highest BCUT2D eigenvalue weighted by molar-refractivity contribution is 7.92. The molecule has 0 fully saturated rings. The van der Waals surface area contributed by atoms with Crippen LogP contribution in [0.25, 0.3) is 0 Å². The number of sulfonamides is 1. The van der Waals surface area contributed by atoms with E-state index in [1.807, 2.05) is 13.8 Å². The van der Waals surface area contributed by atoms with Gasteiger partial charge in [-0.25, -0.2) is 8.42 Å². The molecule has 2 amide bonds. The van der Waals surface area contributed by atoms with Crippen molar-refractivity contribution >= 4 is 62.3 Å². The molecule has 0 saturated carbocycles. The summed E-state index contributed by atoms with van der Waals surface area (Å²) in [5, 5.41) is 3.87. The first kappa shape index (κ1) is 29.2. The number of hydrogen-bond acceptors (Lipinski definition) is 4. The minimum absolute atomic E-state index is 0.0948. The Morgan fingerprint density at radius 3 is 2.03 bits per heavy atom. The fraction of sp³-hybridized carbons (Fsp3) is 0.417. The lowest BCUT2D eigenvalue weighted by Crippen LogP contribution is -2.52. The van der Waals surface area contributed by atoms with Crippen molar-refractivity contribution in [1.29, 1.82) is 0 Å². The summed E-state index contributed by atoms with van der Waals surface area (Å²) in [7, 11) is -3.88. The van der Waals surface area contributed by atoms with Crippen LogP contribution < -0.4 is 9.62 Å². The van der Waals surface area contributed by atoms with Crippen molar-refractivity contribution in [3.05, 3.63) is 63.1 Å². The summed E-state index contributed by atoms with van der Waals surface area (Å²) >= 11 is 18.1. The maximum atomic E-state index is 13.6. The summed E-state index contributed by atoms with van der Waals surface area (Å²) in [4.78, 5) is 28.0. The Kier molecular flexibility index (Phi) is 10.7. The third kappa shape index (κ3) is 8.86. The van der Waals surface area contributed by atoms with Crippen LogP contribution in [0.15, 0.2) is 42.5 Å². The van der Waals surface area contributed by atoms with Crippen LogP contribution in [0.5, 0.6) is 0 Å². The zero-order chi connectivity index (χ0) is 26.3. The Balaban J connectivity index is 2.44. The van der Waals surface area contributed by atoms with Crippen LogP contribution in [0.2, 0.25) is 15.1 Å². The molecule has 0 unspecified atom stereocenters. The SMILES string of the molecule is CC[C@@H](C(=O)NCC(C)C)N(Cc1ccc(Cl)cc1)C(=O)CN(c1cc(Cl)cc(Cl)c1)S(C)(=O)=O. The van der Waals surface area contributed by atoms with Gasteiger partial charge >= 0.3 is 0 Å². The molecule has 0 radical (unpaired) electrons. The average Bonchev–Trinajstić information content (AvgIpc) is 2.75. The van der Waals surface area contributed by atoms with Gasteiger partial charge in [0.2, 0.25) is 21.8 Å². The van der Waals surface area contributed by atoms with E-state index in [1.165, 1.54) is 23.1 Å². The lowest BCUT2D eigenvalue weighted by molar-refractivity contribution is -0.140. The third-order valence-electron chi connectivity index (χ3n) is 5.15. The van der Waals surface area contributed by atoms with Gasteiger partial charge < -0.3 is 10.2 Å². The zero-order valence-electron chi connectivity index (χ0n) is 20.1. The Hall–Kier alpha value is -2.00. The molecule has 2 aromatic rings. The van der Waals surface area contributed by atoms with Gasteiger partial charge in [0, 0.05) is 28.2 Å².